The van der Waals surface area contributed by atoms with Crippen molar-refractivity contribution in [3.8, 4) is 0 Å². The van der Waals surface area contributed by atoms with Gasteiger partial charge in [-0.25, -0.2) is 8.42 Å². The van der Waals surface area contributed by atoms with Crippen LogP contribution in [0.3, 0.4) is 0 Å². The van der Waals surface area contributed by atoms with Crippen LogP contribution < -0.4 is 5.32 Å². The van der Waals surface area contributed by atoms with Gasteiger partial charge < -0.3 is 5.32 Å². The normalized spacial score (nSPS) is 14.9. The minimum atomic E-state index is -3.62. The van der Waals surface area contributed by atoms with Crippen molar-refractivity contribution in [2.75, 3.05) is 13.1 Å². The molecule has 0 aliphatic carbocycles. The fourth-order valence-corrected chi connectivity index (χ4v) is 4.35. The van der Waals surface area contributed by atoms with Crippen molar-refractivity contribution < 1.29 is 13.2 Å². The number of hydrogen-bond acceptors (Lipinski definition) is 3. The molecule has 2 aromatic rings. The lowest BCUT2D eigenvalue weighted by Crippen LogP contribution is -2.36. The van der Waals surface area contributed by atoms with Gasteiger partial charge in [0.2, 0.25) is 10.0 Å². The Morgan fingerprint density at radius 3 is 2.62 bits per heavy atom. The van der Waals surface area contributed by atoms with Crippen LogP contribution in [0, 0.1) is 0 Å². The van der Waals surface area contributed by atoms with Crippen LogP contribution in [0.15, 0.2) is 53.4 Å². The second kappa shape index (κ2) is 6.75. The minimum absolute atomic E-state index is 0.158. The first-order chi connectivity index (χ1) is 11.5. The molecule has 1 N–H and O–H groups in total. The zero-order chi connectivity index (χ0) is 17.2. The van der Waals surface area contributed by atoms with Crippen molar-refractivity contribution in [3.63, 3.8) is 0 Å². The second-order valence-corrected chi connectivity index (χ2v) is 7.68. The van der Waals surface area contributed by atoms with E-state index in [1.54, 1.807) is 18.2 Å². The standard InChI is InChI=1S/C18H20N2O3S/c1-2-19-18(21)15-8-5-9-17(12-15)24(22,23)20-11-10-14-6-3-4-7-16(14)13-20/h3-9,12H,2,10-11,13H2,1H3,(H,19,21). The van der Waals surface area contributed by atoms with Crippen LogP contribution in [0.4, 0.5) is 0 Å². The van der Waals surface area contributed by atoms with E-state index in [0.29, 0.717) is 31.6 Å². The van der Waals surface area contributed by atoms with Crippen molar-refractivity contribution in [3.05, 3.63) is 65.2 Å². The van der Waals surface area contributed by atoms with Crippen LogP contribution in [0.2, 0.25) is 0 Å². The fourth-order valence-electron chi connectivity index (χ4n) is 2.88. The third-order valence-electron chi connectivity index (χ3n) is 4.17. The molecule has 0 aromatic heterocycles. The highest BCUT2D eigenvalue weighted by Gasteiger charge is 2.28. The molecule has 126 valence electrons. The van der Waals surface area contributed by atoms with Gasteiger partial charge in [-0.2, -0.15) is 4.31 Å². The third kappa shape index (κ3) is 3.20. The van der Waals surface area contributed by atoms with E-state index in [-0.39, 0.29) is 10.8 Å². The quantitative estimate of drug-likeness (QED) is 0.924. The highest BCUT2D eigenvalue weighted by atomic mass is 32.2. The lowest BCUT2D eigenvalue weighted by molar-refractivity contribution is 0.0955. The summed E-state index contributed by atoms with van der Waals surface area (Å²) in [6.07, 6.45) is 0.700. The van der Waals surface area contributed by atoms with Gasteiger partial charge in [0.1, 0.15) is 0 Å². The Morgan fingerprint density at radius 1 is 1.12 bits per heavy atom. The van der Waals surface area contributed by atoms with Crippen LogP contribution in [-0.2, 0) is 23.0 Å². The van der Waals surface area contributed by atoms with Gasteiger partial charge in [-0.3, -0.25) is 4.79 Å². The third-order valence-corrected chi connectivity index (χ3v) is 6.01. The van der Waals surface area contributed by atoms with Gasteiger partial charge in [0.25, 0.3) is 5.91 Å². The molecule has 0 unspecified atom stereocenters. The molecule has 5 nitrogen and oxygen atoms in total. The summed E-state index contributed by atoms with van der Waals surface area (Å²) in [7, 11) is -3.62. The van der Waals surface area contributed by atoms with Gasteiger partial charge in [0.05, 0.1) is 4.90 Å². The summed E-state index contributed by atoms with van der Waals surface area (Å²) in [5, 5.41) is 2.69. The summed E-state index contributed by atoms with van der Waals surface area (Å²) in [4.78, 5) is 12.1. The van der Waals surface area contributed by atoms with E-state index >= 15 is 0 Å². The van der Waals surface area contributed by atoms with E-state index in [1.807, 2.05) is 31.2 Å². The monoisotopic (exact) mass is 344 g/mol. The van der Waals surface area contributed by atoms with E-state index in [9.17, 15) is 13.2 Å². The van der Waals surface area contributed by atoms with Crippen molar-refractivity contribution in [1.29, 1.82) is 0 Å². The topological polar surface area (TPSA) is 66.5 Å². The first kappa shape index (κ1) is 16.7. The Hall–Kier alpha value is -2.18. The molecule has 2 aromatic carbocycles. The number of amides is 1. The second-order valence-electron chi connectivity index (χ2n) is 5.74. The average Bonchev–Trinajstić information content (AvgIpc) is 2.61. The predicted octanol–water partition coefficient (Wildman–Crippen LogP) is 2.18. The lowest BCUT2D eigenvalue weighted by Gasteiger charge is -2.28. The number of nitrogens with zero attached hydrogens (tertiary/aromatic N) is 1. The van der Waals surface area contributed by atoms with E-state index < -0.39 is 10.0 Å². The summed E-state index contributed by atoms with van der Waals surface area (Å²) in [6, 6.07) is 14.1. The molecule has 1 aliphatic heterocycles. The zero-order valence-corrected chi connectivity index (χ0v) is 14.3. The summed E-state index contributed by atoms with van der Waals surface area (Å²) in [6.45, 7) is 3.14. The van der Waals surface area contributed by atoms with E-state index in [4.69, 9.17) is 0 Å². The highest BCUT2D eigenvalue weighted by Crippen LogP contribution is 2.25. The molecule has 1 amide bonds. The SMILES string of the molecule is CCNC(=O)c1cccc(S(=O)(=O)N2CCc3ccccc3C2)c1. The number of nitrogens with one attached hydrogen (secondary N) is 1. The Morgan fingerprint density at radius 2 is 1.88 bits per heavy atom. The molecule has 1 aliphatic rings. The maximum Gasteiger partial charge on any atom is 0.251 e. The number of benzene rings is 2. The largest absolute Gasteiger partial charge is 0.352 e. The Bertz CT molecular complexity index is 862. The fraction of sp³-hybridized carbons (Fsp3) is 0.278. The highest BCUT2D eigenvalue weighted by molar-refractivity contribution is 7.89. The van der Waals surface area contributed by atoms with E-state index in [2.05, 4.69) is 5.32 Å². The van der Waals surface area contributed by atoms with Gasteiger partial charge in [-0.05, 0) is 42.7 Å². The van der Waals surface area contributed by atoms with Crippen LogP contribution in [0.5, 0.6) is 0 Å². The molecule has 0 fully saturated rings. The summed E-state index contributed by atoms with van der Waals surface area (Å²) >= 11 is 0. The van der Waals surface area contributed by atoms with Crippen LogP contribution in [0.1, 0.15) is 28.4 Å². The molecule has 6 heteroatoms. The van der Waals surface area contributed by atoms with Gasteiger partial charge >= 0.3 is 0 Å². The molecular weight excluding hydrogens is 324 g/mol. The number of sulfonamides is 1. The van der Waals surface area contributed by atoms with Gasteiger partial charge in [-0.15, -0.1) is 0 Å². The van der Waals surface area contributed by atoms with Crippen LogP contribution in [0.25, 0.3) is 0 Å². The summed E-state index contributed by atoms with van der Waals surface area (Å²) < 4.78 is 27.3. The first-order valence-corrected chi connectivity index (χ1v) is 9.41. The number of carbonyl (C=O) groups is 1. The molecule has 24 heavy (non-hydrogen) atoms. The molecule has 0 spiro atoms. The minimum Gasteiger partial charge on any atom is -0.352 e. The van der Waals surface area contributed by atoms with E-state index in [0.717, 1.165) is 5.56 Å². The summed E-state index contributed by atoms with van der Waals surface area (Å²) in [5.74, 6) is -0.265. The van der Waals surface area contributed by atoms with Crippen molar-refractivity contribution >= 4 is 15.9 Å². The first-order valence-electron chi connectivity index (χ1n) is 7.97. The number of hydrogen-bond donors (Lipinski definition) is 1. The van der Waals surface area contributed by atoms with Crippen LogP contribution in [-0.4, -0.2) is 31.7 Å². The maximum atomic E-state index is 12.9. The Labute approximate surface area is 142 Å². The van der Waals surface area contributed by atoms with Gasteiger partial charge in [-0.1, -0.05) is 30.3 Å². The maximum absolute atomic E-state index is 12.9. The average molecular weight is 344 g/mol. The number of fused-ring (bicyclic) bond motifs is 1. The Kier molecular flexibility index (Phi) is 4.69. The predicted molar refractivity (Wildman–Crippen MR) is 92.2 cm³/mol. The molecule has 0 bridgehead atoms. The molecule has 0 radical (unpaired) electrons. The van der Waals surface area contributed by atoms with Crippen LogP contribution >= 0.6 is 0 Å². The number of rotatable bonds is 4. The molecule has 0 atom stereocenters. The molecule has 0 saturated heterocycles. The van der Waals surface area contributed by atoms with Crippen molar-refractivity contribution in [2.24, 2.45) is 0 Å². The zero-order valence-electron chi connectivity index (χ0n) is 13.5. The van der Waals surface area contributed by atoms with Crippen molar-refractivity contribution in [2.45, 2.75) is 24.8 Å². The summed E-state index contributed by atoms with van der Waals surface area (Å²) in [5.41, 5.74) is 2.59. The van der Waals surface area contributed by atoms with Crippen molar-refractivity contribution in [1.82, 2.24) is 9.62 Å². The smallest absolute Gasteiger partial charge is 0.251 e. The lowest BCUT2D eigenvalue weighted by atomic mass is 10.0. The van der Waals surface area contributed by atoms with E-state index in [1.165, 1.54) is 15.9 Å². The molecule has 0 saturated carbocycles. The molecular formula is C18H20N2O3S. The van der Waals surface area contributed by atoms with Gasteiger partial charge in [0, 0.05) is 25.2 Å². The Balaban J connectivity index is 1.89. The van der Waals surface area contributed by atoms with Gasteiger partial charge in [0.15, 0.2) is 0 Å². The number of carbonyl (C=O) groups excluding carboxylic acids is 1. The molecule has 1 heterocycles. The molecule has 3 rings (SSSR count).